The summed E-state index contributed by atoms with van der Waals surface area (Å²) in [5, 5.41) is 3.17. The summed E-state index contributed by atoms with van der Waals surface area (Å²) in [6.45, 7) is 0. The van der Waals surface area contributed by atoms with E-state index in [0.29, 0.717) is 10.7 Å². The molecule has 0 bridgehead atoms. The Balaban J connectivity index is 1.70. The fourth-order valence-corrected chi connectivity index (χ4v) is 3.77. The highest BCUT2D eigenvalue weighted by atomic mass is 35.5. The zero-order chi connectivity index (χ0) is 19.3. The minimum Gasteiger partial charge on any atom is -0.323 e. The zero-order valence-corrected chi connectivity index (χ0v) is 15.7. The van der Waals surface area contributed by atoms with Gasteiger partial charge < -0.3 is 5.32 Å². The van der Waals surface area contributed by atoms with Crippen LogP contribution in [0.4, 0.5) is 5.69 Å². The van der Waals surface area contributed by atoms with Gasteiger partial charge in [-0.3, -0.25) is 4.79 Å². The van der Waals surface area contributed by atoms with Crippen LogP contribution in [0.15, 0.2) is 94.7 Å². The first-order valence-electron chi connectivity index (χ1n) is 8.10. The molecule has 0 aliphatic carbocycles. The van der Waals surface area contributed by atoms with E-state index in [4.69, 9.17) is 11.6 Å². The highest BCUT2D eigenvalue weighted by Crippen LogP contribution is 2.23. The maximum absolute atomic E-state index is 12.6. The molecule has 3 rings (SSSR count). The Morgan fingerprint density at radius 1 is 0.815 bits per heavy atom. The molecule has 4 nitrogen and oxygen atoms in total. The average Bonchev–Trinajstić information content (AvgIpc) is 2.68. The molecule has 6 heteroatoms. The number of sulfone groups is 1. The number of anilines is 1. The molecule has 0 spiro atoms. The number of halogens is 1. The van der Waals surface area contributed by atoms with Crippen LogP contribution in [0.2, 0.25) is 5.02 Å². The second-order valence-corrected chi connectivity index (χ2v) is 8.10. The van der Waals surface area contributed by atoms with Crippen molar-refractivity contribution >= 4 is 39.1 Å². The summed E-state index contributed by atoms with van der Waals surface area (Å²) in [5.74, 6) is -0.299. The first kappa shape index (κ1) is 18.9. The number of nitrogens with one attached hydrogen (secondary N) is 1. The molecule has 0 heterocycles. The van der Waals surface area contributed by atoms with E-state index in [1.54, 1.807) is 18.2 Å². The summed E-state index contributed by atoms with van der Waals surface area (Å²) >= 11 is 5.80. The molecule has 0 unspecified atom stereocenters. The summed E-state index contributed by atoms with van der Waals surface area (Å²) in [6.07, 6.45) is 3.13. The van der Waals surface area contributed by atoms with Crippen LogP contribution < -0.4 is 5.32 Å². The molecule has 3 aromatic rings. The van der Waals surface area contributed by atoms with Gasteiger partial charge in [0, 0.05) is 16.8 Å². The summed E-state index contributed by atoms with van der Waals surface area (Å²) in [5.41, 5.74) is 1.42. The highest BCUT2D eigenvalue weighted by molar-refractivity contribution is 7.91. The highest BCUT2D eigenvalue weighted by Gasteiger charge is 2.17. The molecule has 0 aliphatic rings. The Hall–Kier alpha value is -2.89. The molecule has 0 saturated heterocycles. The van der Waals surface area contributed by atoms with Crippen molar-refractivity contribution in [3.05, 3.63) is 95.5 Å². The molecule has 1 amide bonds. The van der Waals surface area contributed by atoms with E-state index in [1.165, 1.54) is 42.5 Å². The van der Waals surface area contributed by atoms with Crippen molar-refractivity contribution < 1.29 is 13.2 Å². The van der Waals surface area contributed by atoms with Crippen molar-refractivity contribution in [2.24, 2.45) is 0 Å². The predicted molar refractivity (Wildman–Crippen MR) is 107 cm³/mol. The van der Waals surface area contributed by atoms with E-state index in [2.05, 4.69) is 5.32 Å². The second-order valence-electron chi connectivity index (χ2n) is 5.72. The van der Waals surface area contributed by atoms with Gasteiger partial charge in [0.2, 0.25) is 15.7 Å². The SMILES string of the molecule is O=C(/C=C/c1ccccc1)Nc1ccc(S(=O)(=O)c2ccc(Cl)cc2)cc1. The number of carbonyl (C=O) groups is 1. The lowest BCUT2D eigenvalue weighted by atomic mass is 10.2. The molecule has 0 aliphatic heterocycles. The van der Waals surface area contributed by atoms with Crippen LogP contribution in [0.5, 0.6) is 0 Å². The molecule has 1 N–H and O–H groups in total. The predicted octanol–water partition coefficient (Wildman–Crippen LogP) is 4.82. The monoisotopic (exact) mass is 397 g/mol. The smallest absolute Gasteiger partial charge is 0.248 e. The molecular weight excluding hydrogens is 382 g/mol. The number of amides is 1. The van der Waals surface area contributed by atoms with Crippen LogP contribution in [0, 0.1) is 0 Å². The molecule has 0 fully saturated rings. The van der Waals surface area contributed by atoms with Gasteiger partial charge in [0.25, 0.3) is 0 Å². The Kier molecular flexibility index (Phi) is 5.74. The van der Waals surface area contributed by atoms with Gasteiger partial charge in [-0.25, -0.2) is 8.42 Å². The molecule has 0 aromatic heterocycles. The molecule has 3 aromatic carbocycles. The molecule has 0 saturated carbocycles. The quantitative estimate of drug-likeness (QED) is 0.627. The molecule has 27 heavy (non-hydrogen) atoms. The van der Waals surface area contributed by atoms with E-state index in [9.17, 15) is 13.2 Å². The summed E-state index contributed by atoms with van der Waals surface area (Å²) < 4.78 is 25.2. The van der Waals surface area contributed by atoms with E-state index in [0.717, 1.165) is 5.56 Å². The number of carbonyl (C=O) groups excluding carboxylic acids is 1. The van der Waals surface area contributed by atoms with Gasteiger partial charge in [0.15, 0.2) is 0 Å². The van der Waals surface area contributed by atoms with Gasteiger partial charge in [-0.05, 0) is 60.2 Å². The number of hydrogen-bond donors (Lipinski definition) is 1. The van der Waals surface area contributed by atoms with E-state index in [-0.39, 0.29) is 15.7 Å². The Morgan fingerprint density at radius 2 is 1.37 bits per heavy atom. The minimum absolute atomic E-state index is 0.141. The van der Waals surface area contributed by atoms with Gasteiger partial charge in [0.05, 0.1) is 9.79 Å². The second kappa shape index (κ2) is 8.20. The maximum Gasteiger partial charge on any atom is 0.248 e. The molecule has 0 radical (unpaired) electrons. The lowest BCUT2D eigenvalue weighted by Crippen LogP contribution is -2.08. The van der Waals surface area contributed by atoms with Crippen molar-refractivity contribution in [3.8, 4) is 0 Å². The first-order valence-corrected chi connectivity index (χ1v) is 9.96. The number of rotatable bonds is 5. The lowest BCUT2D eigenvalue weighted by molar-refractivity contribution is -0.111. The maximum atomic E-state index is 12.6. The van der Waals surface area contributed by atoms with Gasteiger partial charge in [-0.2, -0.15) is 0 Å². The number of hydrogen-bond acceptors (Lipinski definition) is 3. The third-order valence-electron chi connectivity index (χ3n) is 3.78. The van der Waals surface area contributed by atoms with E-state index >= 15 is 0 Å². The van der Waals surface area contributed by atoms with Crippen LogP contribution in [0.3, 0.4) is 0 Å². The van der Waals surface area contributed by atoms with Crippen molar-refractivity contribution in [2.45, 2.75) is 9.79 Å². The Labute approximate surface area is 163 Å². The zero-order valence-electron chi connectivity index (χ0n) is 14.2. The van der Waals surface area contributed by atoms with Crippen LogP contribution in [-0.2, 0) is 14.6 Å². The van der Waals surface area contributed by atoms with Gasteiger partial charge >= 0.3 is 0 Å². The standard InChI is InChI=1S/C21H16ClNO3S/c22-17-7-11-19(12-8-17)27(25,26)20-13-9-18(10-14-20)23-21(24)15-6-16-4-2-1-3-5-16/h1-15H,(H,23,24)/b15-6+. The summed E-state index contributed by atoms with van der Waals surface area (Å²) in [7, 11) is -3.63. The summed E-state index contributed by atoms with van der Waals surface area (Å²) in [6, 6.07) is 21.5. The van der Waals surface area contributed by atoms with Gasteiger partial charge in [-0.1, -0.05) is 41.9 Å². The largest absolute Gasteiger partial charge is 0.323 e. The summed E-state index contributed by atoms with van der Waals surface area (Å²) in [4.78, 5) is 12.3. The Morgan fingerprint density at radius 3 is 1.96 bits per heavy atom. The van der Waals surface area contributed by atoms with Crippen molar-refractivity contribution in [3.63, 3.8) is 0 Å². The van der Waals surface area contributed by atoms with E-state index in [1.807, 2.05) is 30.3 Å². The third kappa shape index (κ3) is 4.84. The Bertz CT molecular complexity index is 1060. The van der Waals surface area contributed by atoms with Crippen molar-refractivity contribution in [1.82, 2.24) is 0 Å². The van der Waals surface area contributed by atoms with Gasteiger partial charge in [-0.15, -0.1) is 0 Å². The fourth-order valence-electron chi connectivity index (χ4n) is 2.39. The molecule has 136 valence electrons. The van der Waals surface area contributed by atoms with Gasteiger partial charge in [0.1, 0.15) is 0 Å². The van der Waals surface area contributed by atoms with Crippen molar-refractivity contribution in [2.75, 3.05) is 5.32 Å². The van der Waals surface area contributed by atoms with Crippen LogP contribution >= 0.6 is 11.6 Å². The topological polar surface area (TPSA) is 63.2 Å². The van der Waals surface area contributed by atoms with Crippen LogP contribution in [0.25, 0.3) is 6.08 Å². The fraction of sp³-hybridized carbons (Fsp3) is 0. The van der Waals surface area contributed by atoms with E-state index < -0.39 is 9.84 Å². The van der Waals surface area contributed by atoms with Crippen molar-refractivity contribution in [1.29, 1.82) is 0 Å². The van der Waals surface area contributed by atoms with Crippen LogP contribution in [-0.4, -0.2) is 14.3 Å². The normalized spacial score (nSPS) is 11.4. The average molecular weight is 398 g/mol. The third-order valence-corrected chi connectivity index (χ3v) is 5.82. The van der Waals surface area contributed by atoms with Crippen LogP contribution in [0.1, 0.15) is 5.56 Å². The molecule has 0 atom stereocenters. The molecular formula is C21H16ClNO3S. The minimum atomic E-state index is -3.63. The lowest BCUT2D eigenvalue weighted by Gasteiger charge is -2.07. The first-order chi connectivity index (χ1) is 12.9. The number of benzene rings is 3.